The Morgan fingerprint density at radius 1 is 1.11 bits per heavy atom. The van der Waals surface area contributed by atoms with Crippen LogP contribution in [0.1, 0.15) is 39.0 Å². The SMILES string of the molecule is CC1CCCN(C(=O)C2C3CCCC32)C1C(=O)O. The first-order valence-corrected chi connectivity index (χ1v) is 7.14. The zero-order valence-electron chi connectivity index (χ0n) is 10.8. The van der Waals surface area contributed by atoms with Gasteiger partial charge in [-0.1, -0.05) is 13.3 Å². The third kappa shape index (κ3) is 1.73. The number of carboxylic acids is 1. The summed E-state index contributed by atoms with van der Waals surface area (Å²) in [5.41, 5.74) is 0. The Morgan fingerprint density at radius 3 is 2.39 bits per heavy atom. The van der Waals surface area contributed by atoms with Crippen LogP contribution >= 0.6 is 0 Å². The Hall–Kier alpha value is -1.06. The van der Waals surface area contributed by atoms with Gasteiger partial charge in [-0.2, -0.15) is 0 Å². The molecule has 2 saturated carbocycles. The molecular formula is C14H21NO3. The molecule has 4 nitrogen and oxygen atoms in total. The Kier molecular flexibility index (Phi) is 2.83. The standard InChI is InChI=1S/C14H21NO3/c1-8-4-3-7-15(12(8)14(17)18)13(16)11-9-5-2-6-10(9)11/h8-12H,2-7H2,1H3,(H,17,18). The number of carbonyl (C=O) groups excluding carboxylic acids is 1. The largest absolute Gasteiger partial charge is 0.480 e. The van der Waals surface area contributed by atoms with Crippen LogP contribution in [0.15, 0.2) is 0 Å². The van der Waals surface area contributed by atoms with Crippen LogP contribution in [0.5, 0.6) is 0 Å². The molecule has 4 heteroatoms. The van der Waals surface area contributed by atoms with Gasteiger partial charge in [-0.05, 0) is 43.4 Å². The van der Waals surface area contributed by atoms with Gasteiger partial charge in [0.2, 0.25) is 5.91 Å². The number of likely N-dealkylation sites (tertiary alicyclic amines) is 1. The van der Waals surface area contributed by atoms with Crippen LogP contribution < -0.4 is 0 Å². The lowest BCUT2D eigenvalue weighted by Crippen LogP contribution is -2.52. The second-order valence-corrected chi connectivity index (χ2v) is 6.22. The van der Waals surface area contributed by atoms with Crippen molar-refractivity contribution < 1.29 is 14.7 Å². The zero-order valence-corrected chi connectivity index (χ0v) is 10.8. The molecule has 0 aromatic carbocycles. The highest BCUT2D eigenvalue weighted by Gasteiger charge is 2.58. The Bertz CT molecular complexity index is 371. The van der Waals surface area contributed by atoms with Gasteiger partial charge in [0.25, 0.3) is 0 Å². The van der Waals surface area contributed by atoms with E-state index in [2.05, 4.69) is 0 Å². The summed E-state index contributed by atoms with van der Waals surface area (Å²) in [5, 5.41) is 9.34. The van der Waals surface area contributed by atoms with Crippen LogP contribution in [-0.4, -0.2) is 34.5 Å². The third-order valence-electron chi connectivity index (χ3n) is 5.16. The van der Waals surface area contributed by atoms with Crippen molar-refractivity contribution in [2.24, 2.45) is 23.7 Å². The molecule has 0 spiro atoms. The van der Waals surface area contributed by atoms with Crippen molar-refractivity contribution in [1.29, 1.82) is 0 Å². The first-order valence-electron chi connectivity index (χ1n) is 7.14. The van der Waals surface area contributed by atoms with Gasteiger partial charge in [-0.25, -0.2) is 4.79 Å². The second-order valence-electron chi connectivity index (χ2n) is 6.22. The van der Waals surface area contributed by atoms with E-state index >= 15 is 0 Å². The maximum Gasteiger partial charge on any atom is 0.326 e. The molecule has 3 aliphatic rings. The topological polar surface area (TPSA) is 57.6 Å². The maximum absolute atomic E-state index is 12.5. The molecule has 4 unspecified atom stereocenters. The van der Waals surface area contributed by atoms with Gasteiger partial charge in [0.15, 0.2) is 0 Å². The van der Waals surface area contributed by atoms with E-state index in [4.69, 9.17) is 0 Å². The van der Waals surface area contributed by atoms with E-state index in [9.17, 15) is 14.7 Å². The number of amides is 1. The first-order chi connectivity index (χ1) is 8.61. The normalized spacial score (nSPS) is 42.5. The Labute approximate surface area is 107 Å². The van der Waals surface area contributed by atoms with Crippen molar-refractivity contribution in [2.45, 2.75) is 45.1 Å². The summed E-state index contributed by atoms with van der Waals surface area (Å²) in [4.78, 5) is 25.5. The zero-order chi connectivity index (χ0) is 12.9. The van der Waals surface area contributed by atoms with Crippen LogP contribution in [-0.2, 0) is 9.59 Å². The number of fused-ring (bicyclic) bond motifs is 1. The van der Waals surface area contributed by atoms with Gasteiger partial charge in [-0.3, -0.25) is 4.79 Å². The number of nitrogens with zero attached hydrogens (tertiary/aromatic N) is 1. The van der Waals surface area contributed by atoms with E-state index in [0.717, 1.165) is 12.8 Å². The number of carbonyl (C=O) groups is 2. The summed E-state index contributed by atoms with van der Waals surface area (Å²) < 4.78 is 0. The number of carboxylic acid groups (broad SMARTS) is 1. The van der Waals surface area contributed by atoms with Gasteiger partial charge in [0.05, 0.1) is 0 Å². The lowest BCUT2D eigenvalue weighted by molar-refractivity contribution is -0.155. The van der Waals surface area contributed by atoms with E-state index in [1.807, 2.05) is 6.92 Å². The molecule has 0 aromatic rings. The highest BCUT2D eigenvalue weighted by atomic mass is 16.4. The van der Waals surface area contributed by atoms with Crippen molar-refractivity contribution >= 4 is 11.9 Å². The smallest absolute Gasteiger partial charge is 0.326 e. The summed E-state index contributed by atoms with van der Waals surface area (Å²) in [5.74, 6) is 0.683. The van der Waals surface area contributed by atoms with Gasteiger partial charge in [0.1, 0.15) is 6.04 Å². The predicted octanol–water partition coefficient (Wildman–Crippen LogP) is 1.74. The fraction of sp³-hybridized carbons (Fsp3) is 0.857. The summed E-state index contributed by atoms with van der Waals surface area (Å²) in [6.07, 6.45) is 5.44. The number of rotatable bonds is 2. The highest BCUT2D eigenvalue weighted by molar-refractivity contribution is 5.87. The van der Waals surface area contributed by atoms with Crippen LogP contribution in [0.3, 0.4) is 0 Å². The minimum absolute atomic E-state index is 0.0822. The van der Waals surface area contributed by atoms with Gasteiger partial charge >= 0.3 is 5.97 Å². The minimum atomic E-state index is -0.832. The van der Waals surface area contributed by atoms with Crippen molar-refractivity contribution in [3.8, 4) is 0 Å². The molecule has 0 radical (unpaired) electrons. The van der Waals surface area contributed by atoms with E-state index in [1.165, 1.54) is 19.3 Å². The van der Waals surface area contributed by atoms with Crippen LogP contribution in [0.4, 0.5) is 0 Å². The molecule has 0 aromatic heterocycles. The lowest BCUT2D eigenvalue weighted by atomic mass is 9.90. The predicted molar refractivity (Wildman–Crippen MR) is 65.9 cm³/mol. The number of hydrogen-bond donors (Lipinski definition) is 1. The van der Waals surface area contributed by atoms with Crippen molar-refractivity contribution in [1.82, 2.24) is 4.90 Å². The van der Waals surface area contributed by atoms with E-state index < -0.39 is 12.0 Å². The van der Waals surface area contributed by atoms with Crippen LogP contribution in [0.2, 0.25) is 0 Å². The monoisotopic (exact) mass is 251 g/mol. The minimum Gasteiger partial charge on any atom is -0.480 e. The van der Waals surface area contributed by atoms with Crippen LogP contribution in [0, 0.1) is 23.7 Å². The molecule has 1 N–H and O–H groups in total. The molecule has 3 rings (SSSR count). The van der Waals surface area contributed by atoms with Gasteiger partial charge < -0.3 is 10.0 Å². The molecule has 2 aliphatic carbocycles. The number of aliphatic carboxylic acids is 1. The molecule has 1 amide bonds. The number of hydrogen-bond acceptors (Lipinski definition) is 2. The molecule has 1 aliphatic heterocycles. The molecule has 18 heavy (non-hydrogen) atoms. The second kappa shape index (κ2) is 4.25. The van der Waals surface area contributed by atoms with Crippen molar-refractivity contribution in [2.75, 3.05) is 6.54 Å². The van der Waals surface area contributed by atoms with Crippen LogP contribution in [0.25, 0.3) is 0 Å². The molecule has 1 heterocycles. The maximum atomic E-state index is 12.5. The van der Waals surface area contributed by atoms with E-state index in [-0.39, 0.29) is 17.7 Å². The fourth-order valence-electron chi connectivity index (χ4n) is 4.19. The summed E-state index contributed by atoms with van der Waals surface area (Å²) in [6.45, 7) is 2.59. The van der Waals surface area contributed by atoms with Crippen molar-refractivity contribution in [3.63, 3.8) is 0 Å². The third-order valence-corrected chi connectivity index (χ3v) is 5.16. The molecule has 4 atom stereocenters. The first kappa shape index (κ1) is 12.0. The fourth-order valence-corrected chi connectivity index (χ4v) is 4.19. The molecular weight excluding hydrogens is 230 g/mol. The summed E-state index contributed by atoms with van der Waals surface area (Å²) in [7, 11) is 0. The van der Waals surface area contributed by atoms with Gasteiger partial charge in [0, 0.05) is 12.5 Å². The highest BCUT2D eigenvalue weighted by Crippen LogP contribution is 2.58. The Balaban J connectivity index is 1.73. The summed E-state index contributed by atoms with van der Waals surface area (Å²) >= 11 is 0. The van der Waals surface area contributed by atoms with E-state index in [1.54, 1.807) is 4.90 Å². The molecule has 1 saturated heterocycles. The molecule has 100 valence electrons. The van der Waals surface area contributed by atoms with Crippen molar-refractivity contribution in [3.05, 3.63) is 0 Å². The van der Waals surface area contributed by atoms with E-state index in [0.29, 0.717) is 18.4 Å². The lowest BCUT2D eigenvalue weighted by Gasteiger charge is -2.37. The number of piperidine rings is 1. The average Bonchev–Trinajstić information content (AvgIpc) is 2.80. The average molecular weight is 251 g/mol. The summed E-state index contributed by atoms with van der Waals surface area (Å²) in [6, 6.07) is -0.590. The van der Waals surface area contributed by atoms with Gasteiger partial charge in [-0.15, -0.1) is 0 Å². The quantitative estimate of drug-likeness (QED) is 0.813. The Morgan fingerprint density at radius 2 is 1.78 bits per heavy atom. The molecule has 0 bridgehead atoms. The molecule has 3 fully saturated rings.